The van der Waals surface area contributed by atoms with Crippen molar-refractivity contribution < 1.29 is 9.18 Å². The topological polar surface area (TPSA) is 72.7 Å². The summed E-state index contributed by atoms with van der Waals surface area (Å²) < 4.78 is 16.7. The quantitative estimate of drug-likeness (QED) is 0.267. The lowest BCUT2D eigenvalue weighted by atomic mass is 9.91. The fourth-order valence-corrected chi connectivity index (χ4v) is 5.54. The van der Waals surface area contributed by atoms with Gasteiger partial charge < -0.3 is 5.32 Å². The van der Waals surface area contributed by atoms with Gasteiger partial charge in [-0.15, -0.1) is 11.3 Å². The Morgan fingerprint density at radius 3 is 2.53 bits per heavy atom. The van der Waals surface area contributed by atoms with Gasteiger partial charge in [0.05, 0.1) is 36.5 Å². The summed E-state index contributed by atoms with van der Waals surface area (Å²) in [6, 6.07) is 15.5. The SMILES string of the molecule is Cc1ncn(-c2cc(Cl)c(C(=O)NC[C@@H](c3cccc(F)c3)c3ccc4sc(C)nc4c3)c(Cl)c2)n1. The molecule has 0 aliphatic heterocycles. The van der Waals surface area contributed by atoms with Crippen molar-refractivity contribution in [2.45, 2.75) is 19.8 Å². The van der Waals surface area contributed by atoms with E-state index in [0.717, 1.165) is 26.4 Å². The van der Waals surface area contributed by atoms with E-state index in [4.69, 9.17) is 23.2 Å². The maximum absolute atomic E-state index is 14.1. The van der Waals surface area contributed by atoms with E-state index in [9.17, 15) is 9.18 Å². The molecule has 0 saturated heterocycles. The van der Waals surface area contributed by atoms with Crippen LogP contribution in [-0.4, -0.2) is 32.2 Å². The summed E-state index contributed by atoms with van der Waals surface area (Å²) in [6.07, 6.45) is 1.54. The lowest BCUT2D eigenvalue weighted by molar-refractivity contribution is 0.0952. The largest absolute Gasteiger partial charge is 0.351 e. The van der Waals surface area contributed by atoms with Crippen molar-refractivity contribution >= 4 is 50.7 Å². The number of nitrogens with one attached hydrogen (secondary N) is 1. The molecule has 1 N–H and O–H groups in total. The highest BCUT2D eigenvalue weighted by Crippen LogP contribution is 2.31. The Kier molecular flexibility index (Phi) is 6.75. The Balaban J connectivity index is 1.44. The third kappa shape index (κ3) is 4.97. The molecule has 36 heavy (non-hydrogen) atoms. The molecule has 0 radical (unpaired) electrons. The van der Waals surface area contributed by atoms with E-state index < -0.39 is 5.91 Å². The van der Waals surface area contributed by atoms with Crippen LogP contribution in [0.2, 0.25) is 10.0 Å². The number of thiazole rings is 1. The maximum atomic E-state index is 14.1. The fraction of sp³-hybridized carbons (Fsp3) is 0.154. The monoisotopic (exact) mass is 539 g/mol. The molecule has 0 spiro atoms. The zero-order valence-corrected chi connectivity index (χ0v) is 21.6. The second-order valence-corrected chi connectivity index (χ2v) is 10.3. The smallest absolute Gasteiger partial charge is 0.254 e. The molecular formula is C26H20Cl2FN5OS. The number of rotatable bonds is 6. The molecule has 0 unspecified atom stereocenters. The van der Waals surface area contributed by atoms with E-state index in [1.54, 1.807) is 42.8 Å². The van der Waals surface area contributed by atoms with Crippen LogP contribution in [0.25, 0.3) is 15.9 Å². The summed E-state index contributed by atoms with van der Waals surface area (Å²) in [6.45, 7) is 3.93. The van der Waals surface area contributed by atoms with Crippen molar-refractivity contribution in [1.82, 2.24) is 25.1 Å². The third-order valence-electron chi connectivity index (χ3n) is 5.76. The molecule has 2 aromatic heterocycles. The number of aryl methyl sites for hydroxylation is 2. The van der Waals surface area contributed by atoms with Crippen LogP contribution >= 0.6 is 34.5 Å². The first-order valence-electron chi connectivity index (χ1n) is 11.1. The predicted octanol–water partition coefficient (Wildman–Crippen LogP) is 6.50. The van der Waals surface area contributed by atoms with E-state index in [1.807, 2.05) is 31.2 Å². The highest BCUT2D eigenvalue weighted by molar-refractivity contribution is 7.18. The van der Waals surface area contributed by atoms with E-state index in [2.05, 4.69) is 20.4 Å². The highest BCUT2D eigenvalue weighted by atomic mass is 35.5. The van der Waals surface area contributed by atoms with Crippen LogP contribution in [0.15, 0.2) is 60.9 Å². The van der Waals surface area contributed by atoms with Gasteiger partial charge in [0.1, 0.15) is 18.0 Å². The number of hydrogen-bond donors (Lipinski definition) is 1. The first kappa shape index (κ1) is 24.4. The van der Waals surface area contributed by atoms with Crippen molar-refractivity contribution in [2.75, 3.05) is 6.54 Å². The predicted molar refractivity (Wildman–Crippen MR) is 141 cm³/mol. The van der Waals surface area contributed by atoms with E-state index in [1.165, 1.54) is 16.8 Å². The summed E-state index contributed by atoms with van der Waals surface area (Å²) in [7, 11) is 0. The molecule has 182 valence electrons. The van der Waals surface area contributed by atoms with Crippen LogP contribution in [0.4, 0.5) is 4.39 Å². The molecule has 5 rings (SSSR count). The number of aromatic nitrogens is 4. The summed E-state index contributed by atoms with van der Waals surface area (Å²) in [5.74, 6) is -0.498. The fourth-order valence-electron chi connectivity index (χ4n) is 4.09. The summed E-state index contributed by atoms with van der Waals surface area (Å²) in [5, 5.41) is 8.51. The van der Waals surface area contributed by atoms with Crippen LogP contribution in [0, 0.1) is 19.7 Å². The number of nitrogens with zero attached hydrogens (tertiary/aromatic N) is 4. The van der Waals surface area contributed by atoms with Crippen molar-refractivity contribution in [3.05, 3.63) is 104 Å². The Morgan fingerprint density at radius 1 is 1.08 bits per heavy atom. The molecule has 2 heterocycles. The Morgan fingerprint density at radius 2 is 1.83 bits per heavy atom. The normalized spacial score (nSPS) is 12.1. The van der Waals surface area contributed by atoms with Gasteiger partial charge in [-0.05, 0) is 61.4 Å². The number of hydrogen-bond acceptors (Lipinski definition) is 5. The van der Waals surface area contributed by atoms with Gasteiger partial charge in [-0.25, -0.2) is 19.0 Å². The highest BCUT2D eigenvalue weighted by Gasteiger charge is 2.21. The third-order valence-corrected chi connectivity index (χ3v) is 7.31. The van der Waals surface area contributed by atoms with Gasteiger partial charge in [0.25, 0.3) is 5.91 Å². The van der Waals surface area contributed by atoms with Gasteiger partial charge in [0.15, 0.2) is 0 Å². The molecule has 0 saturated carbocycles. The molecule has 0 bridgehead atoms. The summed E-state index contributed by atoms with van der Waals surface area (Å²) in [4.78, 5) is 21.9. The second-order valence-electron chi connectivity index (χ2n) is 8.30. The Bertz CT molecular complexity index is 1580. The van der Waals surface area contributed by atoms with E-state index >= 15 is 0 Å². The van der Waals surface area contributed by atoms with Crippen molar-refractivity contribution in [1.29, 1.82) is 0 Å². The number of carbonyl (C=O) groups excluding carboxylic acids is 1. The van der Waals surface area contributed by atoms with Gasteiger partial charge in [-0.2, -0.15) is 5.10 Å². The first-order chi connectivity index (χ1) is 17.3. The molecule has 3 aromatic carbocycles. The van der Waals surface area contributed by atoms with Gasteiger partial charge in [0, 0.05) is 12.5 Å². The van der Waals surface area contributed by atoms with Crippen molar-refractivity contribution in [3.8, 4) is 5.69 Å². The average Bonchev–Trinajstić information content (AvgIpc) is 3.43. The minimum atomic E-state index is -0.432. The van der Waals surface area contributed by atoms with E-state index in [-0.39, 0.29) is 33.9 Å². The van der Waals surface area contributed by atoms with Gasteiger partial charge in [-0.3, -0.25) is 4.79 Å². The zero-order chi connectivity index (χ0) is 25.4. The van der Waals surface area contributed by atoms with Crippen LogP contribution in [0.5, 0.6) is 0 Å². The first-order valence-corrected chi connectivity index (χ1v) is 12.6. The minimum absolute atomic E-state index is 0.155. The Labute approximate surface area is 220 Å². The van der Waals surface area contributed by atoms with Crippen LogP contribution < -0.4 is 5.32 Å². The standard InChI is InChI=1S/C26H20Cl2FN5OS/c1-14-31-13-34(33-14)19-10-21(27)25(22(28)11-19)26(35)30-12-20(16-4-3-5-18(29)8-16)17-6-7-24-23(9-17)32-15(2)36-24/h3-11,13,20H,12H2,1-2H3,(H,30,35)/t20-/m0/s1. The molecule has 1 atom stereocenters. The van der Waals surface area contributed by atoms with Gasteiger partial charge in [0.2, 0.25) is 0 Å². The number of halogens is 3. The van der Waals surface area contributed by atoms with Gasteiger partial charge >= 0.3 is 0 Å². The molecule has 1 amide bonds. The van der Waals surface area contributed by atoms with Crippen LogP contribution in [-0.2, 0) is 0 Å². The lowest BCUT2D eigenvalue weighted by Crippen LogP contribution is -2.29. The molecule has 5 aromatic rings. The molecule has 0 aliphatic carbocycles. The summed E-state index contributed by atoms with van der Waals surface area (Å²) in [5.41, 5.74) is 3.25. The zero-order valence-electron chi connectivity index (χ0n) is 19.3. The summed E-state index contributed by atoms with van der Waals surface area (Å²) >= 11 is 14.5. The number of carbonyl (C=O) groups is 1. The molecule has 0 aliphatic rings. The maximum Gasteiger partial charge on any atom is 0.254 e. The van der Waals surface area contributed by atoms with Crippen molar-refractivity contribution in [3.63, 3.8) is 0 Å². The number of benzene rings is 3. The van der Waals surface area contributed by atoms with E-state index in [0.29, 0.717) is 11.5 Å². The van der Waals surface area contributed by atoms with Crippen LogP contribution in [0.3, 0.4) is 0 Å². The van der Waals surface area contributed by atoms with Crippen LogP contribution in [0.1, 0.15) is 38.2 Å². The number of fused-ring (bicyclic) bond motifs is 1. The van der Waals surface area contributed by atoms with Crippen molar-refractivity contribution in [2.24, 2.45) is 0 Å². The average molecular weight is 540 g/mol. The molecule has 10 heteroatoms. The molecule has 0 fully saturated rings. The van der Waals surface area contributed by atoms with Gasteiger partial charge in [-0.1, -0.05) is 41.4 Å². The molecular weight excluding hydrogens is 520 g/mol. The second kappa shape index (κ2) is 9.97. The minimum Gasteiger partial charge on any atom is -0.351 e. The Hall–Kier alpha value is -3.33. The lowest BCUT2D eigenvalue weighted by Gasteiger charge is -2.20. The molecule has 6 nitrogen and oxygen atoms in total. The number of amides is 1.